The van der Waals surface area contributed by atoms with Crippen LogP contribution in [0.2, 0.25) is 0 Å². The zero-order valence-electron chi connectivity index (χ0n) is 7.21. The normalized spacial score (nSPS) is 36.0. The molecule has 11 heavy (non-hydrogen) atoms. The highest BCUT2D eigenvalue weighted by molar-refractivity contribution is 5.01. The third-order valence-electron chi connectivity index (χ3n) is 3.28. The van der Waals surface area contributed by atoms with E-state index in [0.29, 0.717) is 18.1 Å². The Labute approximate surface area is 68.2 Å². The summed E-state index contributed by atoms with van der Waals surface area (Å²) in [7, 11) is 0. The molecule has 2 rings (SSSR count). The lowest BCUT2D eigenvalue weighted by atomic mass is 10.1. The standard InChI is InChI=1S/C9H17NO/c1-9(3-4-9)10-5-2-8(6-10)7-11/h8,11H,2-7H2,1H3. The Bertz CT molecular complexity index is 154. The minimum atomic E-state index is 0.382. The molecule has 0 aromatic carbocycles. The molecule has 1 aliphatic carbocycles. The van der Waals surface area contributed by atoms with Crippen molar-refractivity contribution in [1.29, 1.82) is 0 Å². The Kier molecular flexibility index (Phi) is 1.69. The van der Waals surface area contributed by atoms with E-state index in [0.717, 1.165) is 6.54 Å². The first-order chi connectivity index (χ1) is 5.24. The lowest BCUT2D eigenvalue weighted by Crippen LogP contribution is -2.32. The number of rotatable bonds is 2. The maximum Gasteiger partial charge on any atom is 0.0471 e. The van der Waals surface area contributed by atoms with Gasteiger partial charge in [0.1, 0.15) is 0 Å². The monoisotopic (exact) mass is 155 g/mol. The third-order valence-corrected chi connectivity index (χ3v) is 3.28. The van der Waals surface area contributed by atoms with Crippen molar-refractivity contribution in [3.8, 4) is 0 Å². The van der Waals surface area contributed by atoms with Crippen molar-refractivity contribution < 1.29 is 5.11 Å². The van der Waals surface area contributed by atoms with Crippen molar-refractivity contribution in [3.63, 3.8) is 0 Å². The second-order valence-corrected chi connectivity index (χ2v) is 4.28. The predicted molar refractivity (Wildman–Crippen MR) is 44.4 cm³/mol. The van der Waals surface area contributed by atoms with E-state index in [2.05, 4.69) is 11.8 Å². The number of aliphatic hydroxyl groups excluding tert-OH is 1. The van der Waals surface area contributed by atoms with E-state index in [1.54, 1.807) is 0 Å². The maximum absolute atomic E-state index is 8.94. The molecule has 1 saturated carbocycles. The Morgan fingerprint density at radius 1 is 1.55 bits per heavy atom. The van der Waals surface area contributed by atoms with Gasteiger partial charge in [-0.25, -0.2) is 0 Å². The molecule has 2 fully saturated rings. The van der Waals surface area contributed by atoms with Crippen molar-refractivity contribution in [2.75, 3.05) is 19.7 Å². The molecule has 0 bridgehead atoms. The van der Waals surface area contributed by atoms with E-state index < -0.39 is 0 Å². The van der Waals surface area contributed by atoms with Gasteiger partial charge in [-0.15, -0.1) is 0 Å². The fourth-order valence-electron chi connectivity index (χ4n) is 1.97. The van der Waals surface area contributed by atoms with Gasteiger partial charge >= 0.3 is 0 Å². The summed E-state index contributed by atoms with van der Waals surface area (Å²) in [5.41, 5.74) is 0.532. The molecule has 0 amide bonds. The topological polar surface area (TPSA) is 23.5 Å². The number of nitrogens with zero attached hydrogens (tertiary/aromatic N) is 1. The van der Waals surface area contributed by atoms with Crippen LogP contribution >= 0.6 is 0 Å². The van der Waals surface area contributed by atoms with Gasteiger partial charge in [0.15, 0.2) is 0 Å². The first-order valence-electron chi connectivity index (χ1n) is 4.60. The molecule has 1 aliphatic heterocycles. The van der Waals surface area contributed by atoms with Gasteiger partial charge in [0.05, 0.1) is 0 Å². The van der Waals surface area contributed by atoms with Gasteiger partial charge in [0.25, 0.3) is 0 Å². The molecule has 64 valence electrons. The quantitative estimate of drug-likeness (QED) is 0.639. The Morgan fingerprint density at radius 2 is 2.27 bits per heavy atom. The van der Waals surface area contributed by atoms with Crippen LogP contribution in [0.5, 0.6) is 0 Å². The summed E-state index contributed by atoms with van der Waals surface area (Å²) >= 11 is 0. The van der Waals surface area contributed by atoms with E-state index in [9.17, 15) is 0 Å². The lowest BCUT2D eigenvalue weighted by molar-refractivity contribution is 0.195. The highest BCUT2D eigenvalue weighted by atomic mass is 16.3. The van der Waals surface area contributed by atoms with E-state index in [4.69, 9.17) is 5.11 Å². The van der Waals surface area contributed by atoms with Crippen LogP contribution in [0.1, 0.15) is 26.2 Å². The zero-order valence-corrected chi connectivity index (χ0v) is 7.21. The van der Waals surface area contributed by atoms with Gasteiger partial charge in [-0.3, -0.25) is 4.90 Å². The summed E-state index contributed by atoms with van der Waals surface area (Å²) in [6, 6.07) is 0. The van der Waals surface area contributed by atoms with E-state index >= 15 is 0 Å². The van der Waals surface area contributed by atoms with Crippen LogP contribution in [-0.2, 0) is 0 Å². The van der Waals surface area contributed by atoms with E-state index in [1.807, 2.05) is 0 Å². The minimum absolute atomic E-state index is 0.382. The minimum Gasteiger partial charge on any atom is -0.396 e. The average molecular weight is 155 g/mol. The van der Waals surface area contributed by atoms with Crippen LogP contribution in [-0.4, -0.2) is 35.2 Å². The van der Waals surface area contributed by atoms with Crippen molar-refractivity contribution in [2.24, 2.45) is 5.92 Å². The SMILES string of the molecule is CC1(N2CCC(CO)C2)CC1. The zero-order chi connectivity index (χ0) is 7.90. The fraction of sp³-hybridized carbons (Fsp3) is 1.00. The Morgan fingerprint density at radius 3 is 2.73 bits per heavy atom. The molecule has 1 unspecified atom stereocenters. The fourth-order valence-corrected chi connectivity index (χ4v) is 1.97. The molecule has 0 radical (unpaired) electrons. The Balaban J connectivity index is 1.89. The largest absolute Gasteiger partial charge is 0.396 e. The van der Waals surface area contributed by atoms with Crippen LogP contribution < -0.4 is 0 Å². The van der Waals surface area contributed by atoms with Gasteiger partial charge < -0.3 is 5.11 Å². The van der Waals surface area contributed by atoms with Crippen molar-refractivity contribution in [1.82, 2.24) is 4.90 Å². The molecule has 1 atom stereocenters. The molecular formula is C9H17NO. The van der Waals surface area contributed by atoms with Gasteiger partial charge in [-0.2, -0.15) is 0 Å². The number of hydrogen-bond donors (Lipinski definition) is 1. The van der Waals surface area contributed by atoms with Gasteiger partial charge in [0.2, 0.25) is 0 Å². The molecule has 2 aliphatic rings. The van der Waals surface area contributed by atoms with Crippen LogP contribution in [0.25, 0.3) is 0 Å². The lowest BCUT2D eigenvalue weighted by Gasteiger charge is -2.23. The van der Waals surface area contributed by atoms with Crippen molar-refractivity contribution in [2.45, 2.75) is 31.7 Å². The van der Waals surface area contributed by atoms with Gasteiger partial charge in [-0.05, 0) is 38.6 Å². The van der Waals surface area contributed by atoms with Crippen LogP contribution in [0.4, 0.5) is 0 Å². The third kappa shape index (κ3) is 1.30. The van der Waals surface area contributed by atoms with Crippen LogP contribution in [0.15, 0.2) is 0 Å². The summed E-state index contributed by atoms with van der Waals surface area (Å²) in [6.07, 6.45) is 3.93. The summed E-state index contributed by atoms with van der Waals surface area (Å²) < 4.78 is 0. The number of likely N-dealkylation sites (tertiary alicyclic amines) is 1. The smallest absolute Gasteiger partial charge is 0.0471 e. The second kappa shape index (κ2) is 2.46. The molecule has 0 spiro atoms. The second-order valence-electron chi connectivity index (χ2n) is 4.28. The maximum atomic E-state index is 8.94. The molecule has 1 saturated heterocycles. The van der Waals surface area contributed by atoms with E-state index in [1.165, 1.54) is 25.8 Å². The Hall–Kier alpha value is -0.0800. The highest BCUT2D eigenvalue weighted by Crippen LogP contribution is 2.43. The van der Waals surface area contributed by atoms with Crippen molar-refractivity contribution >= 4 is 0 Å². The van der Waals surface area contributed by atoms with Crippen molar-refractivity contribution in [3.05, 3.63) is 0 Å². The average Bonchev–Trinajstić information content (AvgIpc) is 2.61. The molecule has 1 heterocycles. The highest BCUT2D eigenvalue weighted by Gasteiger charge is 2.45. The summed E-state index contributed by atoms with van der Waals surface area (Å²) in [5.74, 6) is 0.562. The number of hydrogen-bond acceptors (Lipinski definition) is 2. The number of aliphatic hydroxyl groups is 1. The molecular weight excluding hydrogens is 138 g/mol. The van der Waals surface area contributed by atoms with Crippen LogP contribution in [0.3, 0.4) is 0 Å². The molecule has 0 aromatic heterocycles. The predicted octanol–water partition coefficient (Wildman–Crippen LogP) is 0.853. The molecule has 1 N–H and O–H groups in total. The summed E-state index contributed by atoms with van der Waals surface area (Å²) in [4.78, 5) is 2.55. The van der Waals surface area contributed by atoms with Crippen LogP contribution in [0, 0.1) is 5.92 Å². The summed E-state index contributed by atoms with van der Waals surface area (Å²) in [5, 5.41) is 8.94. The molecule has 2 nitrogen and oxygen atoms in total. The first-order valence-corrected chi connectivity index (χ1v) is 4.60. The first kappa shape index (κ1) is 7.56. The molecule has 0 aromatic rings. The van der Waals surface area contributed by atoms with Gasteiger partial charge in [0, 0.05) is 18.7 Å². The van der Waals surface area contributed by atoms with Gasteiger partial charge in [-0.1, -0.05) is 0 Å². The van der Waals surface area contributed by atoms with E-state index in [-0.39, 0.29) is 0 Å². The summed E-state index contributed by atoms with van der Waals surface area (Å²) in [6.45, 7) is 5.06. The molecule has 2 heteroatoms.